The summed E-state index contributed by atoms with van der Waals surface area (Å²) in [5.74, 6) is 0. The van der Waals surface area contributed by atoms with Crippen molar-refractivity contribution in [1.29, 1.82) is 0 Å². The SMILES string of the molecule is CC(N)c1ccc(S(=O)(=O)N(C)C2CCOC2)cc1. The zero-order chi connectivity index (χ0) is 14.0. The van der Waals surface area contributed by atoms with Gasteiger partial charge in [-0.1, -0.05) is 12.1 Å². The van der Waals surface area contributed by atoms with Gasteiger partial charge in [0.2, 0.25) is 10.0 Å². The Morgan fingerprint density at radius 3 is 2.47 bits per heavy atom. The summed E-state index contributed by atoms with van der Waals surface area (Å²) in [5, 5.41) is 0. The van der Waals surface area contributed by atoms with Crippen LogP contribution in [0.3, 0.4) is 0 Å². The standard InChI is InChI=1S/C13H20N2O3S/c1-10(14)11-3-5-13(6-4-11)19(16,17)15(2)12-7-8-18-9-12/h3-6,10,12H,7-9,14H2,1-2H3. The highest BCUT2D eigenvalue weighted by Gasteiger charge is 2.30. The van der Waals surface area contributed by atoms with Crippen LogP contribution >= 0.6 is 0 Å². The lowest BCUT2D eigenvalue weighted by Gasteiger charge is -2.22. The maximum Gasteiger partial charge on any atom is 0.243 e. The first-order chi connectivity index (χ1) is 8.93. The van der Waals surface area contributed by atoms with E-state index >= 15 is 0 Å². The average molecular weight is 284 g/mol. The molecule has 0 radical (unpaired) electrons. The van der Waals surface area contributed by atoms with Gasteiger partial charge in [-0.25, -0.2) is 8.42 Å². The molecule has 1 aliphatic heterocycles. The Kier molecular flexibility index (Phi) is 4.25. The van der Waals surface area contributed by atoms with Crippen LogP contribution in [0.5, 0.6) is 0 Å². The van der Waals surface area contributed by atoms with Gasteiger partial charge in [-0.05, 0) is 31.0 Å². The summed E-state index contributed by atoms with van der Waals surface area (Å²) >= 11 is 0. The quantitative estimate of drug-likeness (QED) is 0.899. The van der Waals surface area contributed by atoms with Crippen molar-refractivity contribution >= 4 is 10.0 Å². The molecular formula is C13H20N2O3S. The summed E-state index contributed by atoms with van der Waals surface area (Å²) in [4.78, 5) is 0.298. The largest absolute Gasteiger partial charge is 0.380 e. The van der Waals surface area contributed by atoms with E-state index in [4.69, 9.17) is 10.5 Å². The average Bonchev–Trinajstić information content (AvgIpc) is 2.91. The van der Waals surface area contributed by atoms with Crippen molar-refractivity contribution < 1.29 is 13.2 Å². The lowest BCUT2D eigenvalue weighted by atomic mass is 10.1. The van der Waals surface area contributed by atoms with Crippen LogP contribution < -0.4 is 5.73 Å². The summed E-state index contributed by atoms with van der Waals surface area (Å²) in [6, 6.07) is 6.57. The van der Waals surface area contributed by atoms with Crippen LogP contribution in [-0.4, -0.2) is 39.0 Å². The van der Waals surface area contributed by atoms with Crippen LogP contribution in [0.2, 0.25) is 0 Å². The minimum atomic E-state index is -3.45. The molecule has 0 aromatic heterocycles. The lowest BCUT2D eigenvalue weighted by Crippen LogP contribution is -2.37. The minimum absolute atomic E-state index is 0.0712. The third-order valence-corrected chi connectivity index (χ3v) is 5.43. The van der Waals surface area contributed by atoms with Crippen molar-refractivity contribution in [3.63, 3.8) is 0 Å². The van der Waals surface area contributed by atoms with Crippen LogP contribution in [0.1, 0.15) is 24.9 Å². The summed E-state index contributed by atoms with van der Waals surface area (Å²) < 4.78 is 31.5. The molecule has 5 nitrogen and oxygen atoms in total. The molecule has 1 saturated heterocycles. The Hall–Kier alpha value is -0.950. The van der Waals surface area contributed by atoms with Crippen molar-refractivity contribution in [2.45, 2.75) is 30.3 Å². The van der Waals surface area contributed by atoms with Gasteiger partial charge in [0.05, 0.1) is 17.5 Å². The van der Waals surface area contributed by atoms with E-state index in [2.05, 4.69) is 0 Å². The van der Waals surface area contributed by atoms with Gasteiger partial charge in [0.25, 0.3) is 0 Å². The molecule has 0 spiro atoms. The second-order valence-corrected chi connectivity index (χ2v) is 6.89. The number of hydrogen-bond acceptors (Lipinski definition) is 4. The van der Waals surface area contributed by atoms with Gasteiger partial charge < -0.3 is 10.5 Å². The number of ether oxygens (including phenoxy) is 1. The molecule has 1 aliphatic rings. The molecule has 106 valence electrons. The lowest BCUT2D eigenvalue weighted by molar-refractivity contribution is 0.181. The second-order valence-electron chi connectivity index (χ2n) is 4.90. The Morgan fingerprint density at radius 2 is 2.00 bits per heavy atom. The first-order valence-electron chi connectivity index (χ1n) is 6.34. The molecule has 6 heteroatoms. The Balaban J connectivity index is 2.23. The van der Waals surface area contributed by atoms with Crippen LogP contribution in [-0.2, 0) is 14.8 Å². The van der Waals surface area contributed by atoms with Gasteiger partial charge in [-0.3, -0.25) is 0 Å². The van der Waals surface area contributed by atoms with Crippen molar-refractivity contribution in [2.75, 3.05) is 20.3 Å². The topological polar surface area (TPSA) is 72.6 Å². The molecule has 2 rings (SSSR count). The first-order valence-corrected chi connectivity index (χ1v) is 7.78. The van der Waals surface area contributed by atoms with Crippen molar-refractivity contribution in [2.24, 2.45) is 5.73 Å². The third kappa shape index (κ3) is 2.97. The zero-order valence-corrected chi connectivity index (χ0v) is 12.1. The molecule has 0 amide bonds. The van der Waals surface area contributed by atoms with Gasteiger partial charge in [0.15, 0.2) is 0 Å². The summed E-state index contributed by atoms with van der Waals surface area (Å²) in [6.45, 7) is 2.95. The van der Waals surface area contributed by atoms with Gasteiger partial charge in [0, 0.05) is 19.7 Å². The molecular weight excluding hydrogens is 264 g/mol. The van der Waals surface area contributed by atoms with Crippen molar-refractivity contribution in [3.05, 3.63) is 29.8 Å². The van der Waals surface area contributed by atoms with Gasteiger partial charge in [0.1, 0.15) is 0 Å². The fraction of sp³-hybridized carbons (Fsp3) is 0.538. The molecule has 1 fully saturated rings. The highest BCUT2D eigenvalue weighted by Crippen LogP contribution is 2.22. The van der Waals surface area contributed by atoms with E-state index in [9.17, 15) is 8.42 Å². The van der Waals surface area contributed by atoms with Gasteiger partial charge in [-0.2, -0.15) is 4.31 Å². The fourth-order valence-corrected chi connectivity index (χ4v) is 3.49. The van der Waals surface area contributed by atoms with E-state index in [-0.39, 0.29) is 12.1 Å². The number of sulfonamides is 1. The Morgan fingerprint density at radius 1 is 1.37 bits per heavy atom. The van der Waals surface area contributed by atoms with Crippen LogP contribution in [0.15, 0.2) is 29.2 Å². The molecule has 0 bridgehead atoms. The zero-order valence-electron chi connectivity index (χ0n) is 11.2. The maximum atomic E-state index is 12.4. The number of nitrogens with zero attached hydrogens (tertiary/aromatic N) is 1. The summed E-state index contributed by atoms with van der Waals surface area (Å²) in [5.41, 5.74) is 6.68. The predicted molar refractivity (Wildman–Crippen MR) is 73.2 cm³/mol. The molecule has 0 saturated carbocycles. The first kappa shape index (κ1) is 14.5. The highest BCUT2D eigenvalue weighted by atomic mass is 32.2. The van der Waals surface area contributed by atoms with Crippen LogP contribution in [0.4, 0.5) is 0 Å². The van der Waals surface area contributed by atoms with Gasteiger partial charge in [-0.15, -0.1) is 0 Å². The van der Waals surface area contributed by atoms with E-state index in [1.165, 1.54) is 4.31 Å². The molecule has 1 aromatic carbocycles. The van der Waals surface area contributed by atoms with E-state index in [0.29, 0.717) is 18.1 Å². The molecule has 2 unspecified atom stereocenters. The van der Waals surface area contributed by atoms with E-state index in [1.807, 2.05) is 6.92 Å². The third-order valence-electron chi connectivity index (χ3n) is 3.50. The fourth-order valence-electron chi connectivity index (χ4n) is 2.11. The second kappa shape index (κ2) is 5.58. The molecule has 1 heterocycles. The van der Waals surface area contributed by atoms with E-state index in [1.54, 1.807) is 31.3 Å². The number of benzene rings is 1. The number of rotatable bonds is 4. The maximum absolute atomic E-state index is 12.4. The predicted octanol–water partition coefficient (Wildman–Crippen LogP) is 1.12. The van der Waals surface area contributed by atoms with E-state index < -0.39 is 10.0 Å². The summed E-state index contributed by atoms with van der Waals surface area (Å²) in [6.07, 6.45) is 0.744. The van der Waals surface area contributed by atoms with Gasteiger partial charge >= 0.3 is 0 Å². The normalized spacial score (nSPS) is 21.8. The monoisotopic (exact) mass is 284 g/mol. The highest BCUT2D eigenvalue weighted by molar-refractivity contribution is 7.89. The molecule has 0 aliphatic carbocycles. The molecule has 2 N–H and O–H groups in total. The van der Waals surface area contributed by atoms with Crippen molar-refractivity contribution in [3.8, 4) is 0 Å². The van der Waals surface area contributed by atoms with Crippen molar-refractivity contribution in [1.82, 2.24) is 4.31 Å². The Bertz CT molecular complexity index is 519. The molecule has 1 aromatic rings. The molecule has 19 heavy (non-hydrogen) atoms. The minimum Gasteiger partial charge on any atom is -0.380 e. The van der Waals surface area contributed by atoms with Crippen LogP contribution in [0.25, 0.3) is 0 Å². The van der Waals surface area contributed by atoms with E-state index in [0.717, 1.165) is 12.0 Å². The number of likely N-dealkylation sites (N-methyl/N-ethyl adjacent to an activating group) is 1. The smallest absolute Gasteiger partial charge is 0.243 e. The van der Waals surface area contributed by atoms with Crippen LogP contribution in [0, 0.1) is 0 Å². The Labute approximate surface area is 114 Å². The number of hydrogen-bond donors (Lipinski definition) is 1. The summed E-state index contributed by atoms with van der Waals surface area (Å²) in [7, 11) is -1.85. The molecule has 2 atom stereocenters. The number of nitrogens with two attached hydrogens (primary N) is 1.